The zero-order valence-electron chi connectivity index (χ0n) is 15.9. The average molecular weight is 390 g/mol. The van der Waals surface area contributed by atoms with Crippen LogP contribution in [-0.4, -0.2) is 42.4 Å². The second kappa shape index (κ2) is 7.26. The van der Waals surface area contributed by atoms with E-state index in [1.807, 2.05) is 23.0 Å². The molecule has 7 nitrogen and oxygen atoms in total. The summed E-state index contributed by atoms with van der Waals surface area (Å²) in [7, 11) is -3.45. The molecule has 2 N–H and O–H groups in total. The van der Waals surface area contributed by atoms with Crippen molar-refractivity contribution in [1.29, 1.82) is 0 Å². The molecule has 1 aromatic heterocycles. The van der Waals surface area contributed by atoms with Gasteiger partial charge in [-0.2, -0.15) is 9.82 Å². The topological polar surface area (TPSA) is 79.3 Å². The molecule has 2 aromatic rings. The number of aryl methyl sites for hydroxylation is 1. The van der Waals surface area contributed by atoms with Gasteiger partial charge in [-0.05, 0) is 57.8 Å². The lowest BCUT2D eigenvalue weighted by Crippen LogP contribution is -2.51. The van der Waals surface area contributed by atoms with Crippen LogP contribution in [0.4, 0.5) is 5.69 Å². The Kier molecular flexibility index (Phi) is 4.96. The third-order valence-corrected chi connectivity index (χ3v) is 7.27. The second-order valence-electron chi connectivity index (χ2n) is 7.42. The van der Waals surface area contributed by atoms with Gasteiger partial charge in [-0.1, -0.05) is 12.1 Å². The summed E-state index contributed by atoms with van der Waals surface area (Å²) < 4.78 is 29.9. The van der Waals surface area contributed by atoms with E-state index in [0.717, 1.165) is 39.0 Å². The highest BCUT2D eigenvalue weighted by molar-refractivity contribution is 7.89. The highest BCUT2D eigenvalue weighted by Gasteiger charge is 2.35. The summed E-state index contributed by atoms with van der Waals surface area (Å²) >= 11 is 0. The van der Waals surface area contributed by atoms with Crippen molar-refractivity contribution < 1.29 is 8.42 Å². The third kappa shape index (κ3) is 3.61. The lowest BCUT2D eigenvalue weighted by molar-refractivity contribution is 0.163. The number of likely N-dealkylation sites (tertiary alicyclic amines) is 1. The van der Waals surface area contributed by atoms with E-state index >= 15 is 0 Å². The van der Waals surface area contributed by atoms with Crippen molar-refractivity contribution in [2.75, 3.05) is 18.4 Å². The summed E-state index contributed by atoms with van der Waals surface area (Å²) in [4.78, 5) is 2.77. The number of benzene rings is 1. The van der Waals surface area contributed by atoms with Crippen LogP contribution in [0.3, 0.4) is 0 Å². The summed E-state index contributed by atoms with van der Waals surface area (Å²) in [6.45, 7) is 7.95. The molecule has 1 unspecified atom stereocenters. The highest BCUT2D eigenvalue weighted by atomic mass is 32.2. The van der Waals surface area contributed by atoms with Gasteiger partial charge in [0.15, 0.2) is 0 Å². The van der Waals surface area contributed by atoms with Gasteiger partial charge in [0.05, 0.1) is 18.1 Å². The van der Waals surface area contributed by atoms with Crippen molar-refractivity contribution in [3.8, 4) is 0 Å². The Labute approximate surface area is 160 Å². The third-order valence-electron chi connectivity index (χ3n) is 5.77. The van der Waals surface area contributed by atoms with E-state index in [1.165, 1.54) is 11.3 Å². The van der Waals surface area contributed by atoms with E-state index in [-0.39, 0.29) is 12.1 Å². The predicted molar refractivity (Wildman–Crippen MR) is 105 cm³/mol. The van der Waals surface area contributed by atoms with Crippen molar-refractivity contribution in [1.82, 2.24) is 19.4 Å². The first-order chi connectivity index (χ1) is 13.0. The summed E-state index contributed by atoms with van der Waals surface area (Å²) in [5.41, 5.74) is 3.21. The SMILES string of the molecule is CCn1ncc(CN2CCC(C3Nc4ccccc4S(=O)(=O)N3)CC2)c1C. The van der Waals surface area contributed by atoms with Gasteiger partial charge < -0.3 is 5.32 Å². The first kappa shape index (κ1) is 18.5. The molecule has 1 saturated heterocycles. The molecule has 27 heavy (non-hydrogen) atoms. The van der Waals surface area contributed by atoms with E-state index in [4.69, 9.17) is 0 Å². The minimum Gasteiger partial charge on any atom is -0.368 e. The van der Waals surface area contributed by atoms with E-state index in [1.54, 1.807) is 12.1 Å². The number of piperidine rings is 1. The number of hydrogen-bond acceptors (Lipinski definition) is 5. The monoisotopic (exact) mass is 389 g/mol. The van der Waals surface area contributed by atoms with Crippen molar-refractivity contribution in [3.63, 3.8) is 0 Å². The van der Waals surface area contributed by atoms with E-state index in [0.29, 0.717) is 10.6 Å². The van der Waals surface area contributed by atoms with Crippen molar-refractivity contribution in [3.05, 3.63) is 41.7 Å². The summed E-state index contributed by atoms with van der Waals surface area (Å²) in [6.07, 6.45) is 3.65. The molecule has 146 valence electrons. The standard InChI is InChI=1S/C19H27N5O2S/c1-3-24-14(2)16(12-20-24)13-23-10-8-15(9-11-23)19-21-17-6-4-5-7-18(17)27(25,26)22-19/h4-7,12,15,19,21-22H,3,8-11,13H2,1-2H3. The molecule has 0 aliphatic carbocycles. The molecule has 8 heteroatoms. The molecule has 2 aliphatic rings. The molecule has 1 fully saturated rings. The molecular weight excluding hydrogens is 362 g/mol. The van der Waals surface area contributed by atoms with E-state index < -0.39 is 10.0 Å². The summed E-state index contributed by atoms with van der Waals surface area (Å²) in [6, 6.07) is 7.10. The number of sulfonamides is 1. The molecule has 2 aliphatic heterocycles. The Bertz CT molecular complexity index is 916. The normalized spacial score (nSPS) is 23.0. The minimum absolute atomic E-state index is 0.239. The maximum absolute atomic E-state index is 12.5. The lowest BCUT2D eigenvalue weighted by atomic mass is 9.93. The van der Waals surface area contributed by atoms with Gasteiger partial charge >= 0.3 is 0 Å². The van der Waals surface area contributed by atoms with Gasteiger partial charge in [-0.3, -0.25) is 9.58 Å². The zero-order chi connectivity index (χ0) is 19.0. The number of rotatable bonds is 4. The zero-order valence-corrected chi connectivity index (χ0v) is 16.7. The average Bonchev–Trinajstić information content (AvgIpc) is 3.01. The number of fused-ring (bicyclic) bond motifs is 1. The first-order valence-electron chi connectivity index (χ1n) is 9.59. The molecule has 1 aromatic carbocycles. The largest absolute Gasteiger partial charge is 0.368 e. The van der Waals surface area contributed by atoms with Crippen molar-refractivity contribution in [2.45, 2.75) is 50.8 Å². The van der Waals surface area contributed by atoms with Crippen LogP contribution < -0.4 is 10.0 Å². The number of nitrogens with one attached hydrogen (secondary N) is 2. The molecule has 4 rings (SSSR count). The van der Waals surface area contributed by atoms with Gasteiger partial charge in [0.1, 0.15) is 4.90 Å². The van der Waals surface area contributed by atoms with Gasteiger partial charge in [0.2, 0.25) is 10.0 Å². The fourth-order valence-corrected chi connectivity index (χ4v) is 5.49. The smallest absolute Gasteiger partial charge is 0.244 e. The fourth-order valence-electron chi connectivity index (χ4n) is 4.11. The van der Waals surface area contributed by atoms with Crippen LogP contribution in [0, 0.1) is 12.8 Å². The Morgan fingerprint density at radius 1 is 1.22 bits per heavy atom. The Morgan fingerprint density at radius 3 is 2.67 bits per heavy atom. The predicted octanol–water partition coefficient (Wildman–Crippen LogP) is 2.15. The summed E-state index contributed by atoms with van der Waals surface area (Å²) in [5, 5.41) is 7.81. The molecule has 0 amide bonds. The molecule has 0 bridgehead atoms. The number of aromatic nitrogens is 2. The molecule has 0 saturated carbocycles. The molecule has 1 atom stereocenters. The number of anilines is 1. The Hall–Kier alpha value is -1.90. The van der Waals surface area contributed by atoms with E-state index in [9.17, 15) is 8.42 Å². The number of hydrogen-bond donors (Lipinski definition) is 2. The molecule has 3 heterocycles. The van der Waals surface area contributed by atoms with Crippen LogP contribution in [0.1, 0.15) is 31.0 Å². The number of para-hydroxylation sites is 1. The summed E-state index contributed by atoms with van der Waals surface area (Å²) in [5.74, 6) is 0.281. The van der Waals surface area contributed by atoms with Gasteiger partial charge in [-0.25, -0.2) is 8.42 Å². The van der Waals surface area contributed by atoms with Crippen molar-refractivity contribution >= 4 is 15.7 Å². The Balaban J connectivity index is 1.39. The number of nitrogens with zero attached hydrogens (tertiary/aromatic N) is 3. The van der Waals surface area contributed by atoms with Crippen LogP contribution in [0.15, 0.2) is 35.4 Å². The fraction of sp³-hybridized carbons (Fsp3) is 0.526. The van der Waals surface area contributed by atoms with Gasteiger partial charge in [0.25, 0.3) is 0 Å². The first-order valence-corrected chi connectivity index (χ1v) is 11.1. The van der Waals surface area contributed by atoms with Gasteiger partial charge in [-0.15, -0.1) is 0 Å². The van der Waals surface area contributed by atoms with Crippen LogP contribution in [0.5, 0.6) is 0 Å². The molecule has 0 radical (unpaired) electrons. The van der Waals surface area contributed by atoms with E-state index in [2.05, 4.69) is 33.9 Å². The minimum atomic E-state index is -3.45. The molecular formula is C19H27N5O2S. The maximum atomic E-state index is 12.5. The van der Waals surface area contributed by atoms with Crippen molar-refractivity contribution in [2.24, 2.45) is 5.92 Å². The van der Waals surface area contributed by atoms with Crippen LogP contribution >= 0.6 is 0 Å². The second-order valence-corrected chi connectivity index (χ2v) is 9.11. The van der Waals surface area contributed by atoms with Crippen LogP contribution in [-0.2, 0) is 23.1 Å². The lowest BCUT2D eigenvalue weighted by Gasteiger charge is -2.38. The van der Waals surface area contributed by atoms with Gasteiger partial charge in [0, 0.05) is 24.3 Å². The highest BCUT2D eigenvalue weighted by Crippen LogP contribution is 2.31. The Morgan fingerprint density at radius 2 is 1.96 bits per heavy atom. The quantitative estimate of drug-likeness (QED) is 0.838. The van der Waals surface area contributed by atoms with Crippen LogP contribution in [0.2, 0.25) is 0 Å². The maximum Gasteiger partial charge on any atom is 0.244 e. The molecule has 0 spiro atoms. The van der Waals surface area contributed by atoms with Crippen LogP contribution in [0.25, 0.3) is 0 Å².